The molecule has 0 fully saturated rings. The molecule has 3 aromatic carbocycles. The smallest absolute Gasteiger partial charge is 0.271 e. The number of hydrogen-bond acceptors (Lipinski definition) is 4. The number of carbonyl (C=O) groups excluding carboxylic acids is 1. The van der Waals surface area contributed by atoms with Gasteiger partial charge in [-0.25, -0.2) is 5.43 Å². The van der Waals surface area contributed by atoms with Crippen LogP contribution >= 0.6 is 11.6 Å². The summed E-state index contributed by atoms with van der Waals surface area (Å²) in [5.74, 6) is -0.470. The highest BCUT2D eigenvalue weighted by atomic mass is 35.5. The third kappa shape index (κ3) is 4.45. The third-order valence-electron chi connectivity index (χ3n) is 4.19. The largest absolute Gasteiger partial charge is 0.506 e. The molecule has 0 saturated heterocycles. The summed E-state index contributed by atoms with van der Waals surface area (Å²) in [6.07, 6.45) is 1.62. The van der Waals surface area contributed by atoms with Crippen LogP contribution < -0.4 is 10.7 Å². The zero-order valence-corrected chi connectivity index (χ0v) is 15.6. The lowest BCUT2D eigenvalue weighted by Crippen LogP contribution is -2.17. The van der Waals surface area contributed by atoms with Crippen LogP contribution in [0.2, 0.25) is 5.02 Å². The molecule has 3 N–H and O–H groups in total. The maximum absolute atomic E-state index is 12.2. The van der Waals surface area contributed by atoms with E-state index in [1.165, 1.54) is 23.8 Å². The van der Waals surface area contributed by atoms with Crippen LogP contribution in [0.15, 0.2) is 59.7 Å². The molecule has 0 spiro atoms. The van der Waals surface area contributed by atoms with E-state index in [9.17, 15) is 9.90 Å². The summed E-state index contributed by atoms with van der Waals surface area (Å²) in [6, 6.07) is 16.4. The second-order valence-corrected chi connectivity index (χ2v) is 6.41. The summed E-state index contributed by atoms with van der Waals surface area (Å²) < 4.78 is 0. The van der Waals surface area contributed by atoms with Gasteiger partial charge in [0.05, 0.1) is 11.2 Å². The van der Waals surface area contributed by atoms with E-state index in [0.717, 1.165) is 29.4 Å². The van der Waals surface area contributed by atoms with Crippen molar-refractivity contribution in [1.82, 2.24) is 10.7 Å². The van der Waals surface area contributed by atoms with E-state index in [0.29, 0.717) is 5.56 Å². The Kier molecular flexibility index (Phi) is 6.06. The first-order valence-corrected chi connectivity index (χ1v) is 9.01. The van der Waals surface area contributed by atoms with Gasteiger partial charge in [0, 0.05) is 17.7 Å². The second-order valence-electron chi connectivity index (χ2n) is 6.01. The molecule has 0 heterocycles. The number of nitrogens with zero attached hydrogens (tertiary/aromatic N) is 1. The van der Waals surface area contributed by atoms with Gasteiger partial charge in [-0.15, -0.1) is 0 Å². The molecular formula is C21H20ClN3O2. The molecule has 0 aromatic heterocycles. The predicted octanol–water partition coefficient (Wildman–Crippen LogP) is 4.07. The summed E-state index contributed by atoms with van der Waals surface area (Å²) in [5, 5.41) is 19.2. The highest BCUT2D eigenvalue weighted by Crippen LogP contribution is 2.24. The van der Waals surface area contributed by atoms with Gasteiger partial charge in [0.2, 0.25) is 0 Å². The van der Waals surface area contributed by atoms with Crippen molar-refractivity contribution in [3.63, 3.8) is 0 Å². The van der Waals surface area contributed by atoms with Gasteiger partial charge in [-0.05, 0) is 41.1 Å². The van der Waals surface area contributed by atoms with Crippen molar-refractivity contribution in [2.24, 2.45) is 5.10 Å². The number of phenols is 1. The topological polar surface area (TPSA) is 73.7 Å². The molecule has 27 heavy (non-hydrogen) atoms. The van der Waals surface area contributed by atoms with Crippen LogP contribution in [0.4, 0.5) is 0 Å². The first kappa shape index (κ1) is 18.9. The van der Waals surface area contributed by atoms with E-state index in [-0.39, 0.29) is 10.8 Å². The maximum Gasteiger partial charge on any atom is 0.271 e. The number of hydrazone groups is 1. The minimum atomic E-state index is -0.402. The number of rotatable bonds is 6. The van der Waals surface area contributed by atoms with E-state index >= 15 is 0 Å². The molecule has 138 valence electrons. The Hall–Kier alpha value is -2.89. The molecule has 3 rings (SSSR count). The van der Waals surface area contributed by atoms with Gasteiger partial charge < -0.3 is 10.4 Å². The number of nitrogens with one attached hydrogen (secondary N) is 2. The van der Waals surface area contributed by atoms with Gasteiger partial charge in [0.1, 0.15) is 5.75 Å². The lowest BCUT2D eigenvalue weighted by molar-refractivity contribution is 0.0955. The molecule has 1 amide bonds. The Labute approximate surface area is 162 Å². The molecule has 5 nitrogen and oxygen atoms in total. The van der Waals surface area contributed by atoms with Crippen LogP contribution in [-0.2, 0) is 6.54 Å². The van der Waals surface area contributed by atoms with Gasteiger partial charge in [0.15, 0.2) is 0 Å². The number of aromatic hydroxyl groups is 1. The van der Waals surface area contributed by atoms with Crippen LogP contribution in [0, 0.1) is 0 Å². The van der Waals surface area contributed by atoms with Crippen LogP contribution in [0.1, 0.15) is 28.4 Å². The van der Waals surface area contributed by atoms with E-state index in [1.807, 2.05) is 24.3 Å². The molecule has 6 heteroatoms. The van der Waals surface area contributed by atoms with Crippen molar-refractivity contribution in [2.75, 3.05) is 6.54 Å². The molecule has 0 atom stereocenters. The average molecular weight is 382 g/mol. The molecule has 0 aliphatic carbocycles. The van der Waals surface area contributed by atoms with E-state index in [4.69, 9.17) is 11.6 Å². The van der Waals surface area contributed by atoms with Crippen molar-refractivity contribution in [3.8, 4) is 5.75 Å². The Balaban J connectivity index is 1.79. The van der Waals surface area contributed by atoms with Crippen LogP contribution in [0.3, 0.4) is 0 Å². The summed E-state index contributed by atoms with van der Waals surface area (Å²) >= 11 is 5.83. The Morgan fingerprint density at radius 2 is 1.93 bits per heavy atom. The fourth-order valence-corrected chi connectivity index (χ4v) is 2.96. The number of phenolic OH excluding ortho intramolecular Hbond substituents is 1. The second kappa shape index (κ2) is 8.66. The Bertz CT molecular complexity index is 1000. The van der Waals surface area contributed by atoms with Crippen molar-refractivity contribution in [1.29, 1.82) is 0 Å². The van der Waals surface area contributed by atoms with Crippen LogP contribution in [0.25, 0.3) is 10.8 Å². The standard InChI is InChI=1S/C21H20ClN3O2/c1-2-23-12-15-7-8-16(18-6-4-3-5-17(15)18)13-24-25-21(27)14-9-10-20(26)19(22)11-14/h3-11,13,23,26H,2,12H2,1H3,(H,25,27)/b24-13+. The van der Waals surface area contributed by atoms with E-state index < -0.39 is 5.91 Å². The average Bonchev–Trinajstić information content (AvgIpc) is 2.69. The van der Waals surface area contributed by atoms with E-state index in [2.05, 4.69) is 34.9 Å². The quantitative estimate of drug-likeness (QED) is 0.445. The number of amides is 1. The Morgan fingerprint density at radius 3 is 2.67 bits per heavy atom. The minimum absolute atomic E-state index is 0.0687. The number of fused-ring (bicyclic) bond motifs is 1. The summed E-state index contributed by atoms with van der Waals surface area (Å²) in [5.41, 5.74) is 4.93. The molecule has 3 aromatic rings. The summed E-state index contributed by atoms with van der Waals surface area (Å²) in [7, 11) is 0. The summed E-state index contributed by atoms with van der Waals surface area (Å²) in [6.45, 7) is 3.78. The highest BCUT2D eigenvalue weighted by molar-refractivity contribution is 6.32. The fraction of sp³-hybridized carbons (Fsp3) is 0.143. The van der Waals surface area contributed by atoms with E-state index in [1.54, 1.807) is 6.21 Å². The third-order valence-corrected chi connectivity index (χ3v) is 4.50. The first-order chi connectivity index (χ1) is 13.1. The van der Waals surface area contributed by atoms with Gasteiger partial charge >= 0.3 is 0 Å². The van der Waals surface area contributed by atoms with Crippen LogP contribution in [-0.4, -0.2) is 23.8 Å². The normalized spacial score (nSPS) is 11.2. The fourth-order valence-electron chi connectivity index (χ4n) is 2.78. The van der Waals surface area contributed by atoms with Gasteiger partial charge in [-0.2, -0.15) is 5.10 Å². The van der Waals surface area contributed by atoms with Crippen molar-refractivity contribution in [3.05, 3.63) is 76.3 Å². The first-order valence-electron chi connectivity index (χ1n) is 8.63. The minimum Gasteiger partial charge on any atom is -0.506 e. The summed E-state index contributed by atoms with van der Waals surface area (Å²) in [4.78, 5) is 12.2. The van der Waals surface area contributed by atoms with Crippen molar-refractivity contribution < 1.29 is 9.90 Å². The van der Waals surface area contributed by atoms with Gasteiger partial charge in [0.25, 0.3) is 5.91 Å². The SMILES string of the molecule is CCNCc1ccc(/C=N/NC(=O)c2ccc(O)c(Cl)c2)c2ccccc12. The monoisotopic (exact) mass is 381 g/mol. The molecule has 0 bridgehead atoms. The molecular weight excluding hydrogens is 362 g/mol. The maximum atomic E-state index is 12.2. The Morgan fingerprint density at radius 1 is 1.15 bits per heavy atom. The van der Waals surface area contributed by atoms with Crippen LogP contribution in [0.5, 0.6) is 5.75 Å². The predicted molar refractivity (Wildman–Crippen MR) is 110 cm³/mol. The van der Waals surface area contributed by atoms with Gasteiger partial charge in [-0.1, -0.05) is 54.9 Å². The molecule has 0 aliphatic heterocycles. The highest BCUT2D eigenvalue weighted by Gasteiger charge is 2.08. The zero-order chi connectivity index (χ0) is 19.2. The number of benzene rings is 3. The zero-order valence-electron chi connectivity index (χ0n) is 14.9. The molecule has 0 aliphatic rings. The molecule has 0 unspecified atom stereocenters. The van der Waals surface area contributed by atoms with Crippen molar-refractivity contribution in [2.45, 2.75) is 13.5 Å². The number of carbonyl (C=O) groups is 1. The van der Waals surface area contributed by atoms with Crippen molar-refractivity contribution >= 4 is 34.5 Å². The number of hydrogen-bond donors (Lipinski definition) is 3. The number of halogens is 1. The molecule has 0 saturated carbocycles. The van der Waals surface area contributed by atoms with Gasteiger partial charge in [-0.3, -0.25) is 4.79 Å². The molecule has 0 radical (unpaired) electrons. The lowest BCUT2D eigenvalue weighted by Gasteiger charge is -2.09. The lowest BCUT2D eigenvalue weighted by atomic mass is 10.00.